The molecule has 0 bridgehead atoms. The van der Waals surface area contributed by atoms with Gasteiger partial charge in [0, 0.05) is 10.2 Å². The molecular weight excluding hydrogens is 315 g/mol. The molecule has 0 unspecified atom stereocenters. The summed E-state index contributed by atoms with van der Waals surface area (Å²) < 4.78 is 37.8. The van der Waals surface area contributed by atoms with Crippen LogP contribution in [0.1, 0.15) is 13.3 Å². The standard InChI is InChI=1S/C11H11BrF3NO2/c1-10(18,11(13,14)15)6-9(17)16-8-4-2-3-7(12)5-8/h2-5,18H,6H2,1H3,(H,16,17)/t10-/m1/s1. The second-order valence-electron chi connectivity index (χ2n) is 4.01. The molecule has 0 fully saturated rings. The number of hydrogen-bond acceptors (Lipinski definition) is 2. The van der Waals surface area contributed by atoms with Crippen molar-refractivity contribution >= 4 is 27.5 Å². The van der Waals surface area contributed by atoms with E-state index in [4.69, 9.17) is 5.11 Å². The number of hydrogen-bond donors (Lipinski definition) is 2. The molecule has 0 spiro atoms. The zero-order valence-corrected chi connectivity index (χ0v) is 11.0. The molecule has 0 heterocycles. The molecule has 2 N–H and O–H groups in total. The second kappa shape index (κ2) is 5.27. The summed E-state index contributed by atoms with van der Waals surface area (Å²) in [6.07, 6.45) is -5.90. The summed E-state index contributed by atoms with van der Waals surface area (Å²) in [5, 5.41) is 11.4. The summed E-state index contributed by atoms with van der Waals surface area (Å²) in [5.41, 5.74) is -2.68. The first kappa shape index (κ1) is 15.0. The number of anilines is 1. The molecule has 100 valence electrons. The molecule has 0 aliphatic heterocycles. The van der Waals surface area contributed by atoms with Gasteiger partial charge in [0.2, 0.25) is 5.91 Å². The highest BCUT2D eigenvalue weighted by molar-refractivity contribution is 9.10. The molecule has 1 amide bonds. The molecule has 0 aliphatic rings. The van der Waals surface area contributed by atoms with Crippen molar-refractivity contribution in [3.05, 3.63) is 28.7 Å². The summed E-state index contributed by atoms with van der Waals surface area (Å²) in [4.78, 5) is 11.4. The van der Waals surface area contributed by atoms with Crippen LogP contribution in [0.15, 0.2) is 28.7 Å². The molecule has 0 saturated carbocycles. The minimum atomic E-state index is -4.85. The van der Waals surface area contributed by atoms with Gasteiger partial charge in [-0.05, 0) is 25.1 Å². The molecule has 0 saturated heterocycles. The number of halogens is 4. The number of carbonyl (C=O) groups excluding carboxylic acids is 1. The van der Waals surface area contributed by atoms with Crippen molar-refractivity contribution in [2.24, 2.45) is 0 Å². The van der Waals surface area contributed by atoms with Crippen LogP contribution in [0.3, 0.4) is 0 Å². The zero-order valence-electron chi connectivity index (χ0n) is 9.38. The Hall–Kier alpha value is -1.08. The predicted octanol–water partition coefficient (Wildman–Crippen LogP) is 3.09. The van der Waals surface area contributed by atoms with Gasteiger partial charge in [0.15, 0.2) is 5.60 Å². The average molecular weight is 326 g/mol. The Labute approximate surface area is 110 Å². The van der Waals surface area contributed by atoms with Crippen molar-refractivity contribution < 1.29 is 23.1 Å². The van der Waals surface area contributed by atoms with Crippen molar-refractivity contribution in [2.45, 2.75) is 25.1 Å². The van der Waals surface area contributed by atoms with Crippen molar-refractivity contribution in [1.29, 1.82) is 0 Å². The molecular formula is C11H11BrF3NO2. The van der Waals surface area contributed by atoms with Gasteiger partial charge in [-0.2, -0.15) is 13.2 Å². The minimum absolute atomic E-state index is 0.354. The lowest BCUT2D eigenvalue weighted by Crippen LogP contribution is -2.44. The fourth-order valence-corrected chi connectivity index (χ4v) is 1.58. The van der Waals surface area contributed by atoms with Crippen LogP contribution in [0.5, 0.6) is 0 Å². The number of alkyl halides is 3. The monoisotopic (exact) mass is 325 g/mol. The summed E-state index contributed by atoms with van der Waals surface area (Å²) in [5.74, 6) is -0.907. The Kier molecular flexibility index (Phi) is 4.39. The first-order valence-corrected chi connectivity index (χ1v) is 5.76. The van der Waals surface area contributed by atoms with Gasteiger partial charge in [0.1, 0.15) is 0 Å². The van der Waals surface area contributed by atoms with Gasteiger partial charge in [0.25, 0.3) is 0 Å². The van der Waals surface area contributed by atoms with E-state index in [9.17, 15) is 18.0 Å². The summed E-state index contributed by atoms with van der Waals surface area (Å²) >= 11 is 3.16. The van der Waals surface area contributed by atoms with Gasteiger partial charge >= 0.3 is 6.18 Å². The number of amides is 1. The van der Waals surface area contributed by atoms with Crippen LogP contribution in [-0.2, 0) is 4.79 Å². The number of carbonyl (C=O) groups is 1. The molecule has 18 heavy (non-hydrogen) atoms. The third-order valence-electron chi connectivity index (χ3n) is 2.22. The molecule has 7 heteroatoms. The van der Waals surface area contributed by atoms with E-state index >= 15 is 0 Å². The van der Waals surface area contributed by atoms with Crippen LogP contribution in [-0.4, -0.2) is 22.8 Å². The Morgan fingerprint density at radius 3 is 2.56 bits per heavy atom. The van der Waals surface area contributed by atoms with E-state index < -0.39 is 24.1 Å². The van der Waals surface area contributed by atoms with E-state index in [2.05, 4.69) is 21.2 Å². The number of rotatable bonds is 3. The van der Waals surface area contributed by atoms with Crippen molar-refractivity contribution in [3.8, 4) is 0 Å². The first-order chi connectivity index (χ1) is 8.12. The largest absolute Gasteiger partial charge is 0.417 e. The van der Waals surface area contributed by atoms with Gasteiger partial charge in [-0.25, -0.2) is 0 Å². The zero-order chi connectivity index (χ0) is 14.0. The molecule has 1 rings (SSSR count). The topological polar surface area (TPSA) is 49.3 Å². The van der Waals surface area contributed by atoms with Gasteiger partial charge < -0.3 is 10.4 Å². The van der Waals surface area contributed by atoms with Crippen LogP contribution in [0.4, 0.5) is 18.9 Å². The Balaban J connectivity index is 2.68. The Morgan fingerprint density at radius 1 is 1.44 bits per heavy atom. The highest BCUT2D eigenvalue weighted by Gasteiger charge is 2.50. The number of benzene rings is 1. The summed E-state index contributed by atoms with van der Waals surface area (Å²) in [6, 6.07) is 6.41. The predicted molar refractivity (Wildman–Crippen MR) is 64.1 cm³/mol. The minimum Gasteiger partial charge on any atom is -0.380 e. The smallest absolute Gasteiger partial charge is 0.380 e. The first-order valence-electron chi connectivity index (χ1n) is 4.96. The lowest BCUT2D eigenvalue weighted by molar-refractivity contribution is -0.252. The van der Waals surface area contributed by atoms with Crippen molar-refractivity contribution in [3.63, 3.8) is 0 Å². The second-order valence-corrected chi connectivity index (χ2v) is 4.92. The molecule has 1 aromatic rings. The maximum atomic E-state index is 12.4. The molecule has 1 aromatic carbocycles. The van der Waals surface area contributed by atoms with Crippen molar-refractivity contribution in [2.75, 3.05) is 5.32 Å². The Morgan fingerprint density at radius 2 is 2.06 bits per heavy atom. The molecule has 0 aromatic heterocycles. The Bertz CT molecular complexity index is 446. The molecule has 0 aliphatic carbocycles. The van der Waals surface area contributed by atoms with E-state index in [0.717, 1.165) is 0 Å². The average Bonchev–Trinajstić information content (AvgIpc) is 2.14. The van der Waals surface area contributed by atoms with Crippen LogP contribution in [0, 0.1) is 0 Å². The van der Waals surface area contributed by atoms with Gasteiger partial charge in [-0.3, -0.25) is 4.79 Å². The van der Waals surface area contributed by atoms with E-state index in [0.29, 0.717) is 17.1 Å². The van der Waals surface area contributed by atoms with Crippen LogP contribution in [0.2, 0.25) is 0 Å². The van der Waals surface area contributed by atoms with Crippen LogP contribution in [0.25, 0.3) is 0 Å². The normalized spacial score (nSPS) is 15.0. The van der Waals surface area contributed by atoms with Gasteiger partial charge in [-0.15, -0.1) is 0 Å². The maximum absolute atomic E-state index is 12.4. The van der Waals surface area contributed by atoms with Gasteiger partial charge in [-0.1, -0.05) is 22.0 Å². The molecule has 1 atom stereocenters. The number of nitrogens with one attached hydrogen (secondary N) is 1. The number of aliphatic hydroxyl groups is 1. The van der Waals surface area contributed by atoms with Gasteiger partial charge in [0.05, 0.1) is 6.42 Å². The van der Waals surface area contributed by atoms with Crippen LogP contribution < -0.4 is 5.32 Å². The fourth-order valence-electron chi connectivity index (χ4n) is 1.18. The van der Waals surface area contributed by atoms with E-state index in [1.165, 1.54) is 6.07 Å². The quantitative estimate of drug-likeness (QED) is 0.897. The lowest BCUT2D eigenvalue weighted by Gasteiger charge is -2.25. The lowest BCUT2D eigenvalue weighted by atomic mass is 10.0. The van der Waals surface area contributed by atoms with E-state index in [1.807, 2.05) is 0 Å². The van der Waals surface area contributed by atoms with E-state index in [-0.39, 0.29) is 0 Å². The van der Waals surface area contributed by atoms with Crippen molar-refractivity contribution in [1.82, 2.24) is 0 Å². The molecule has 0 radical (unpaired) electrons. The fraction of sp³-hybridized carbons (Fsp3) is 0.364. The SMILES string of the molecule is C[C@@](O)(CC(=O)Nc1cccc(Br)c1)C(F)(F)F. The highest BCUT2D eigenvalue weighted by atomic mass is 79.9. The van der Waals surface area contributed by atoms with E-state index in [1.54, 1.807) is 18.2 Å². The molecule has 3 nitrogen and oxygen atoms in total. The summed E-state index contributed by atoms with van der Waals surface area (Å²) in [6.45, 7) is 0.563. The highest BCUT2D eigenvalue weighted by Crippen LogP contribution is 2.32. The maximum Gasteiger partial charge on any atom is 0.417 e. The third-order valence-corrected chi connectivity index (χ3v) is 2.72. The third kappa shape index (κ3) is 3.99. The summed E-state index contributed by atoms with van der Waals surface area (Å²) in [7, 11) is 0. The van der Waals surface area contributed by atoms with Crippen LogP contribution >= 0.6 is 15.9 Å².